The van der Waals surface area contributed by atoms with Crippen LogP contribution in [0.5, 0.6) is 11.6 Å². The summed E-state index contributed by atoms with van der Waals surface area (Å²) in [6.45, 7) is 1.73. The Balaban J connectivity index is 1.25. The van der Waals surface area contributed by atoms with E-state index in [4.69, 9.17) is 10.00 Å². The lowest BCUT2D eigenvalue weighted by atomic mass is 9.93. The molecule has 0 radical (unpaired) electrons. The van der Waals surface area contributed by atoms with Gasteiger partial charge < -0.3 is 18.8 Å². The van der Waals surface area contributed by atoms with Crippen LogP contribution in [0.1, 0.15) is 51.8 Å². The zero-order valence-corrected chi connectivity index (χ0v) is 23.3. The van der Waals surface area contributed by atoms with Crippen LogP contribution >= 0.6 is 0 Å². The molecule has 0 atom stereocenters. The molecule has 3 heterocycles. The number of ether oxygens (including phenoxy) is 3. The van der Waals surface area contributed by atoms with E-state index in [1.54, 1.807) is 17.7 Å². The smallest absolute Gasteiger partial charge is 0.473 e. The monoisotopic (exact) mass is 597 g/mol. The first-order valence-corrected chi connectivity index (χ1v) is 13.4. The van der Waals surface area contributed by atoms with Gasteiger partial charge in [0, 0.05) is 30.3 Å². The second-order valence-electron chi connectivity index (χ2n) is 10.1. The van der Waals surface area contributed by atoms with Crippen LogP contribution in [0.4, 0.5) is 17.6 Å². The van der Waals surface area contributed by atoms with Crippen LogP contribution in [0.15, 0.2) is 48.5 Å². The molecular weight excluding hydrogens is 570 g/mol. The van der Waals surface area contributed by atoms with Crippen molar-refractivity contribution in [1.29, 1.82) is 5.26 Å². The van der Waals surface area contributed by atoms with E-state index in [-0.39, 0.29) is 29.2 Å². The fourth-order valence-electron chi connectivity index (χ4n) is 5.09. The fourth-order valence-corrected chi connectivity index (χ4v) is 5.09. The highest BCUT2D eigenvalue weighted by Gasteiger charge is 2.33. The Morgan fingerprint density at radius 2 is 1.88 bits per heavy atom. The van der Waals surface area contributed by atoms with Gasteiger partial charge in [0.25, 0.3) is 0 Å². The summed E-state index contributed by atoms with van der Waals surface area (Å²) in [5, 5.41) is 8.91. The molecule has 0 saturated carbocycles. The summed E-state index contributed by atoms with van der Waals surface area (Å²) in [6.07, 6.45) is -3.41. The standard InChI is InChI=1S/C30H27F4N5O4/c1-38-24-13-21(29(40)41-2)14-25(43-30(32,33)34)28(24)37-26(38)16-39-10-8-19(9-11-39)23-4-3-5-27(36-23)42-17-20-7-6-18(15-35)12-22(20)31/h3-7,12-14,19H,8-11,16-17H2,1-2H3. The van der Waals surface area contributed by atoms with Gasteiger partial charge in [-0.1, -0.05) is 12.1 Å². The first kappa shape index (κ1) is 29.8. The molecule has 224 valence electrons. The van der Waals surface area contributed by atoms with Crippen LogP contribution < -0.4 is 9.47 Å². The highest BCUT2D eigenvalue weighted by Crippen LogP contribution is 2.34. The maximum atomic E-state index is 14.2. The summed E-state index contributed by atoms with van der Waals surface area (Å²) in [7, 11) is 2.82. The first-order valence-electron chi connectivity index (χ1n) is 13.4. The summed E-state index contributed by atoms with van der Waals surface area (Å²) in [6, 6.07) is 14.0. The van der Waals surface area contributed by atoms with Gasteiger partial charge >= 0.3 is 12.3 Å². The number of alkyl halides is 3. The van der Waals surface area contributed by atoms with Crippen LogP contribution in [-0.2, 0) is 24.9 Å². The van der Waals surface area contributed by atoms with E-state index in [1.807, 2.05) is 18.2 Å². The number of piperidine rings is 1. The summed E-state index contributed by atoms with van der Waals surface area (Å²) in [5.41, 5.74) is 1.64. The fraction of sp³-hybridized carbons (Fsp3) is 0.333. The number of aromatic nitrogens is 3. The minimum atomic E-state index is -4.96. The lowest BCUT2D eigenvalue weighted by molar-refractivity contribution is -0.274. The molecule has 43 heavy (non-hydrogen) atoms. The molecule has 5 rings (SSSR count). The number of rotatable bonds is 8. The molecule has 0 unspecified atom stereocenters. The number of pyridine rings is 1. The number of fused-ring (bicyclic) bond motifs is 1. The Morgan fingerprint density at radius 1 is 1.12 bits per heavy atom. The molecule has 0 bridgehead atoms. The van der Waals surface area contributed by atoms with Gasteiger partial charge in [0.1, 0.15) is 23.8 Å². The highest BCUT2D eigenvalue weighted by atomic mass is 19.4. The van der Waals surface area contributed by atoms with E-state index in [2.05, 4.69) is 24.3 Å². The van der Waals surface area contributed by atoms with E-state index >= 15 is 0 Å². The average molecular weight is 598 g/mol. The van der Waals surface area contributed by atoms with Crippen molar-refractivity contribution in [3.8, 4) is 17.7 Å². The molecule has 0 aliphatic carbocycles. The molecule has 1 aliphatic heterocycles. The second-order valence-corrected chi connectivity index (χ2v) is 10.1. The van der Waals surface area contributed by atoms with Crippen molar-refractivity contribution in [2.45, 2.75) is 38.3 Å². The molecule has 2 aromatic heterocycles. The number of esters is 1. The molecule has 1 fully saturated rings. The Morgan fingerprint density at radius 3 is 2.56 bits per heavy atom. The lowest BCUT2D eigenvalue weighted by Gasteiger charge is -2.31. The van der Waals surface area contributed by atoms with Gasteiger partial charge in [-0.05, 0) is 56.3 Å². The molecule has 4 aromatic rings. The number of aryl methyl sites for hydroxylation is 1. The third kappa shape index (κ3) is 6.86. The quantitative estimate of drug-likeness (QED) is 0.191. The van der Waals surface area contributed by atoms with Crippen LogP contribution in [0, 0.1) is 17.1 Å². The maximum Gasteiger partial charge on any atom is 0.573 e. The molecular formula is C30H27F4N5O4. The number of nitrogens with zero attached hydrogens (tertiary/aromatic N) is 5. The molecule has 1 saturated heterocycles. The third-order valence-corrected chi connectivity index (χ3v) is 7.36. The Bertz CT molecular complexity index is 1690. The van der Waals surface area contributed by atoms with Crippen LogP contribution in [0.2, 0.25) is 0 Å². The number of benzene rings is 2. The Kier molecular flexibility index (Phi) is 8.50. The highest BCUT2D eigenvalue weighted by molar-refractivity contribution is 5.96. The Hall–Kier alpha value is -4.70. The summed E-state index contributed by atoms with van der Waals surface area (Å²) in [4.78, 5) is 23.3. The van der Waals surface area contributed by atoms with Crippen molar-refractivity contribution >= 4 is 17.0 Å². The van der Waals surface area contributed by atoms with Crippen LogP contribution in [0.25, 0.3) is 11.0 Å². The number of hydrogen-bond donors (Lipinski definition) is 0. The van der Waals surface area contributed by atoms with Crippen LogP contribution in [-0.4, -0.2) is 52.0 Å². The van der Waals surface area contributed by atoms with Crippen molar-refractivity contribution in [1.82, 2.24) is 19.4 Å². The number of hydrogen-bond acceptors (Lipinski definition) is 8. The number of carbonyl (C=O) groups excluding carboxylic acids is 1. The molecule has 2 aromatic carbocycles. The molecule has 1 aliphatic rings. The molecule has 13 heteroatoms. The summed E-state index contributed by atoms with van der Waals surface area (Å²) < 4.78 is 69.8. The number of likely N-dealkylation sites (tertiary alicyclic amines) is 1. The van der Waals surface area contributed by atoms with E-state index in [9.17, 15) is 22.4 Å². The third-order valence-electron chi connectivity index (χ3n) is 7.36. The first-order chi connectivity index (χ1) is 20.5. The van der Waals surface area contributed by atoms with Gasteiger partial charge in [-0.2, -0.15) is 5.26 Å². The largest absolute Gasteiger partial charge is 0.573 e. The molecule has 0 N–H and O–H groups in total. The molecule has 0 amide bonds. The van der Waals surface area contributed by atoms with E-state index in [1.165, 1.54) is 24.3 Å². The van der Waals surface area contributed by atoms with Gasteiger partial charge in [0.2, 0.25) is 5.88 Å². The SMILES string of the molecule is COC(=O)c1cc(OC(F)(F)F)c2nc(CN3CCC(c4cccc(OCc5ccc(C#N)cc5F)n4)CC3)n(C)c2c1. The summed E-state index contributed by atoms with van der Waals surface area (Å²) >= 11 is 0. The van der Waals surface area contributed by atoms with Crippen molar-refractivity contribution in [3.63, 3.8) is 0 Å². The van der Waals surface area contributed by atoms with Crippen molar-refractivity contribution < 1.29 is 36.6 Å². The zero-order valence-electron chi connectivity index (χ0n) is 23.3. The predicted molar refractivity (Wildman–Crippen MR) is 146 cm³/mol. The molecule has 9 nitrogen and oxygen atoms in total. The van der Waals surface area contributed by atoms with Crippen molar-refractivity contribution in [2.24, 2.45) is 7.05 Å². The number of halogens is 4. The summed E-state index contributed by atoms with van der Waals surface area (Å²) in [5.74, 6) is -0.834. The van der Waals surface area contributed by atoms with Crippen molar-refractivity contribution in [3.05, 3.63) is 82.6 Å². The van der Waals surface area contributed by atoms with Gasteiger partial charge in [-0.3, -0.25) is 4.90 Å². The van der Waals surface area contributed by atoms with Gasteiger partial charge in [0.15, 0.2) is 5.75 Å². The number of carbonyl (C=O) groups is 1. The van der Waals surface area contributed by atoms with Gasteiger partial charge in [-0.15, -0.1) is 13.2 Å². The maximum absolute atomic E-state index is 14.2. The van der Waals surface area contributed by atoms with E-state index in [0.717, 1.165) is 31.7 Å². The van der Waals surface area contributed by atoms with Crippen molar-refractivity contribution in [2.75, 3.05) is 20.2 Å². The number of methoxy groups -OCH3 is 1. The minimum absolute atomic E-state index is 0.000679. The Labute approximate surface area is 244 Å². The second kappa shape index (κ2) is 12.3. The topological polar surface area (TPSA) is 102 Å². The van der Waals surface area contributed by atoms with Gasteiger partial charge in [0.05, 0.1) is 36.4 Å². The minimum Gasteiger partial charge on any atom is -0.473 e. The van der Waals surface area contributed by atoms with Crippen LogP contribution in [0.3, 0.4) is 0 Å². The predicted octanol–water partition coefficient (Wildman–Crippen LogP) is 5.62. The number of nitriles is 1. The lowest BCUT2D eigenvalue weighted by Crippen LogP contribution is -2.33. The van der Waals surface area contributed by atoms with Gasteiger partial charge in [-0.25, -0.2) is 19.2 Å². The van der Waals surface area contributed by atoms with E-state index < -0.39 is 23.9 Å². The number of imidazole rings is 1. The molecule has 0 spiro atoms. The van der Waals surface area contributed by atoms with E-state index in [0.29, 0.717) is 42.4 Å². The average Bonchev–Trinajstić information content (AvgIpc) is 3.30. The normalized spacial score (nSPS) is 14.4. The zero-order chi connectivity index (χ0) is 30.7.